The number of carbonyl (C=O) groups is 1. The lowest BCUT2D eigenvalue weighted by atomic mass is 9.97. The quantitative estimate of drug-likeness (QED) is 0.901. The molecule has 0 unspecified atom stereocenters. The molecule has 20 heavy (non-hydrogen) atoms. The predicted molar refractivity (Wildman–Crippen MR) is 81.4 cm³/mol. The van der Waals surface area contributed by atoms with E-state index < -0.39 is 0 Å². The van der Waals surface area contributed by atoms with Crippen molar-refractivity contribution in [3.05, 3.63) is 42.1 Å². The lowest BCUT2D eigenvalue weighted by molar-refractivity contribution is 0.235. The molecule has 4 heteroatoms. The van der Waals surface area contributed by atoms with Gasteiger partial charge < -0.3 is 10.6 Å². The van der Waals surface area contributed by atoms with Gasteiger partial charge in [-0.05, 0) is 23.1 Å². The molecule has 0 atom stereocenters. The van der Waals surface area contributed by atoms with Crippen molar-refractivity contribution in [2.24, 2.45) is 5.41 Å². The Hall–Kier alpha value is -2.10. The van der Waals surface area contributed by atoms with E-state index in [-0.39, 0.29) is 11.4 Å². The summed E-state index contributed by atoms with van der Waals surface area (Å²) in [6.45, 7) is 7.38. The van der Waals surface area contributed by atoms with Gasteiger partial charge in [0.15, 0.2) is 0 Å². The highest BCUT2D eigenvalue weighted by molar-refractivity contribution is 5.79. The van der Waals surface area contributed by atoms with Crippen LogP contribution in [0.3, 0.4) is 0 Å². The van der Waals surface area contributed by atoms with Crippen LogP contribution in [-0.2, 0) is 6.54 Å². The second kappa shape index (κ2) is 5.90. The minimum atomic E-state index is -0.145. The molecular formula is C16H21N3O. The lowest BCUT2D eigenvalue weighted by Gasteiger charge is -2.18. The van der Waals surface area contributed by atoms with Crippen LogP contribution in [0.5, 0.6) is 0 Å². The van der Waals surface area contributed by atoms with Gasteiger partial charge in [-0.2, -0.15) is 0 Å². The fourth-order valence-electron chi connectivity index (χ4n) is 1.80. The molecule has 106 valence electrons. The minimum Gasteiger partial charge on any atom is -0.338 e. The maximum Gasteiger partial charge on any atom is 0.315 e. The van der Waals surface area contributed by atoms with Gasteiger partial charge in [0.05, 0.1) is 5.52 Å². The molecule has 1 aromatic heterocycles. The molecule has 4 nitrogen and oxygen atoms in total. The molecule has 0 aliphatic rings. The summed E-state index contributed by atoms with van der Waals surface area (Å²) in [6.07, 6.45) is 1.80. The van der Waals surface area contributed by atoms with E-state index in [0.717, 1.165) is 16.5 Å². The number of para-hydroxylation sites is 1. The number of fused-ring (bicyclic) bond motifs is 1. The number of rotatable bonds is 3. The Morgan fingerprint density at radius 1 is 1.20 bits per heavy atom. The van der Waals surface area contributed by atoms with Crippen LogP contribution >= 0.6 is 0 Å². The van der Waals surface area contributed by atoms with Crippen LogP contribution in [0.25, 0.3) is 10.9 Å². The Kier molecular flexibility index (Phi) is 4.23. The molecule has 0 spiro atoms. The van der Waals surface area contributed by atoms with Crippen molar-refractivity contribution in [1.82, 2.24) is 15.6 Å². The van der Waals surface area contributed by atoms with Gasteiger partial charge in [0, 0.05) is 24.7 Å². The zero-order valence-electron chi connectivity index (χ0n) is 12.2. The third-order valence-corrected chi connectivity index (χ3v) is 2.88. The topological polar surface area (TPSA) is 54.0 Å². The van der Waals surface area contributed by atoms with E-state index in [1.807, 2.05) is 30.3 Å². The number of urea groups is 1. The molecule has 2 rings (SSSR count). The van der Waals surface area contributed by atoms with E-state index in [4.69, 9.17) is 0 Å². The number of nitrogens with one attached hydrogen (secondary N) is 2. The molecule has 1 heterocycles. The van der Waals surface area contributed by atoms with Crippen LogP contribution in [-0.4, -0.2) is 17.6 Å². The summed E-state index contributed by atoms with van der Waals surface area (Å²) in [5.74, 6) is 0. The van der Waals surface area contributed by atoms with E-state index in [2.05, 4.69) is 36.4 Å². The second-order valence-corrected chi connectivity index (χ2v) is 6.13. The molecular weight excluding hydrogens is 250 g/mol. The SMILES string of the molecule is CC(C)(C)CNC(=O)NCc1cnc2ccccc2c1. The first-order valence-corrected chi connectivity index (χ1v) is 6.79. The summed E-state index contributed by atoms with van der Waals surface area (Å²) in [7, 11) is 0. The third kappa shape index (κ3) is 4.23. The maximum absolute atomic E-state index is 11.7. The van der Waals surface area contributed by atoms with E-state index in [1.54, 1.807) is 6.20 Å². The first kappa shape index (κ1) is 14.3. The molecule has 0 saturated heterocycles. The number of amides is 2. The molecule has 0 saturated carbocycles. The standard InChI is InChI=1S/C16H21N3O/c1-16(2,3)11-19-15(20)18-10-12-8-13-6-4-5-7-14(13)17-9-12/h4-9H,10-11H2,1-3H3,(H2,18,19,20). The van der Waals surface area contributed by atoms with Gasteiger partial charge in [-0.15, -0.1) is 0 Å². The maximum atomic E-state index is 11.7. The molecule has 0 radical (unpaired) electrons. The molecule has 1 aromatic carbocycles. The average molecular weight is 271 g/mol. The molecule has 2 amide bonds. The van der Waals surface area contributed by atoms with Gasteiger partial charge >= 0.3 is 6.03 Å². The molecule has 2 N–H and O–H groups in total. The Morgan fingerprint density at radius 2 is 1.95 bits per heavy atom. The zero-order valence-corrected chi connectivity index (χ0v) is 12.2. The van der Waals surface area contributed by atoms with E-state index in [1.165, 1.54) is 0 Å². The zero-order chi connectivity index (χ0) is 14.6. The van der Waals surface area contributed by atoms with Crippen molar-refractivity contribution in [2.45, 2.75) is 27.3 Å². The van der Waals surface area contributed by atoms with Crippen molar-refractivity contribution in [1.29, 1.82) is 0 Å². The van der Waals surface area contributed by atoms with Crippen molar-refractivity contribution in [2.75, 3.05) is 6.54 Å². The van der Waals surface area contributed by atoms with E-state index in [0.29, 0.717) is 13.1 Å². The highest BCUT2D eigenvalue weighted by Gasteiger charge is 2.11. The average Bonchev–Trinajstić information content (AvgIpc) is 2.42. The number of hydrogen-bond donors (Lipinski definition) is 2. The Balaban J connectivity index is 1.90. The normalized spacial score (nSPS) is 11.3. The fraction of sp³-hybridized carbons (Fsp3) is 0.375. The predicted octanol–water partition coefficient (Wildman–Crippen LogP) is 3.08. The largest absolute Gasteiger partial charge is 0.338 e. The Bertz CT molecular complexity index is 602. The first-order chi connectivity index (χ1) is 9.44. The van der Waals surface area contributed by atoms with Crippen LogP contribution in [0.2, 0.25) is 0 Å². The van der Waals surface area contributed by atoms with E-state index >= 15 is 0 Å². The summed E-state index contributed by atoms with van der Waals surface area (Å²) in [6, 6.07) is 9.85. The minimum absolute atomic E-state index is 0.0852. The van der Waals surface area contributed by atoms with Gasteiger partial charge in [0.1, 0.15) is 0 Å². The monoisotopic (exact) mass is 271 g/mol. The molecule has 0 bridgehead atoms. The summed E-state index contributed by atoms with van der Waals surface area (Å²) < 4.78 is 0. The van der Waals surface area contributed by atoms with E-state index in [9.17, 15) is 4.79 Å². The second-order valence-electron chi connectivity index (χ2n) is 6.13. The van der Waals surface area contributed by atoms with Crippen LogP contribution in [0.1, 0.15) is 26.3 Å². The van der Waals surface area contributed by atoms with Crippen LogP contribution in [0.15, 0.2) is 36.5 Å². The van der Waals surface area contributed by atoms with Crippen LogP contribution in [0, 0.1) is 5.41 Å². The van der Waals surface area contributed by atoms with Gasteiger partial charge in [0.2, 0.25) is 0 Å². The molecule has 0 aliphatic carbocycles. The molecule has 0 fully saturated rings. The summed E-state index contributed by atoms with van der Waals surface area (Å²) >= 11 is 0. The number of hydrogen-bond acceptors (Lipinski definition) is 2. The first-order valence-electron chi connectivity index (χ1n) is 6.79. The number of benzene rings is 1. The third-order valence-electron chi connectivity index (χ3n) is 2.88. The summed E-state index contributed by atoms with van der Waals surface area (Å²) in [5.41, 5.74) is 2.05. The summed E-state index contributed by atoms with van der Waals surface area (Å²) in [5, 5.41) is 6.79. The fourth-order valence-corrected chi connectivity index (χ4v) is 1.80. The van der Waals surface area contributed by atoms with Crippen molar-refractivity contribution in [3.8, 4) is 0 Å². The molecule has 2 aromatic rings. The number of carbonyl (C=O) groups excluding carboxylic acids is 1. The highest BCUT2D eigenvalue weighted by atomic mass is 16.2. The van der Waals surface area contributed by atoms with Gasteiger partial charge in [-0.3, -0.25) is 4.98 Å². The molecule has 0 aliphatic heterocycles. The summed E-state index contributed by atoms with van der Waals surface area (Å²) in [4.78, 5) is 16.1. The van der Waals surface area contributed by atoms with Gasteiger partial charge in [-0.1, -0.05) is 39.0 Å². The van der Waals surface area contributed by atoms with Crippen LogP contribution < -0.4 is 10.6 Å². The number of nitrogens with zero attached hydrogens (tertiary/aromatic N) is 1. The smallest absolute Gasteiger partial charge is 0.315 e. The van der Waals surface area contributed by atoms with Gasteiger partial charge in [0.25, 0.3) is 0 Å². The van der Waals surface area contributed by atoms with Crippen molar-refractivity contribution >= 4 is 16.9 Å². The highest BCUT2D eigenvalue weighted by Crippen LogP contribution is 2.12. The Labute approximate surface area is 119 Å². The van der Waals surface area contributed by atoms with Crippen LogP contribution in [0.4, 0.5) is 4.79 Å². The number of aromatic nitrogens is 1. The van der Waals surface area contributed by atoms with Gasteiger partial charge in [-0.25, -0.2) is 4.79 Å². The van der Waals surface area contributed by atoms with Crippen molar-refractivity contribution < 1.29 is 4.79 Å². The number of pyridine rings is 1. The van der Waals surface area contributed by atoms with Crippen molar-refractivity contribution in [3.63, 3.8) is 0 Å². The lowest BCUT2D eigenvalue weighted by Crippen LogP contribution is -2.39. The Morgan fingerprint density at radius 3 is 2.70 bits per heavy atom.